The molecular formula is C14H18F2N2O2. The second kappa shape index (κ2) is 6.65. The van der Waals surface area contributed by atoms with E-state index in [1.54, 1.807) is 18.2 Å². The van der Waals surface area contributed by atoms with Crippen molar-refractivity contribution in [3.05, 3.63) is 29.8 Å². The van der Waals surface area contributed by atoms with Crippen molar-refractivity contribution in [2.75, 3.05) is 13.1 Å². The molecule has 0 bridgehead atoms. The fraction of sp³-hybridized carbons (Fsp3) is 0.500. The van der Waals surface area contributed by atoms with Gasteiger partial charge in [0.15, 0.2) is 0 Å². The molecule has 6 heteroatoms. The molecule has 0 spiro atoms. The maximum atomic E-state index is 12.3. The highest BCUT2D eigenvalue weighted by atomic mass is 19.3. The number of hydrogen-bond donors (Lipinski definition) is 2. The molecule has 1 aliphatic rings. The van der Waals surface area contributed by atoms with Gasteiger partial charge in [0.2, 0.25) is 5.91 Å². The van der Waals surface area contributed by atoms with Gasteiger partial charge < -0.3 is 15.4 Å². The van der Waals surface area contributed by atoms with Gasteiger partial charge in [0.05, 0.1) is 0 Å². The van der Waals surface area contributed by atoms with Crippen molar-refractivity contribution in [3.63, 3.8) is 0 Å². The molecular weight excluding hydrogens is 266 g/mol. The van der Waals surface area contributed by atoms with Gasteiger partial charge in [-0.25, -0.2) is 0 Å². The molecule has 2 N–H and O–H groups in total. The Morgan fingerprint density at radius 3 is 2.75 bits per heavy atom. The van der Waals surface area contributed by atoms with E-state index in [0.717, 1.165) is 13.1 Å². The topological polar surface area (TPSA) is 50.4 Å². The van der Waals surface area contributed by atoms with Crippen LogP contribution in [0.3, 0.4) is 0 Å². The van der Waals surface area contributed by atoms with Crippen LogP contribution in [0, 0.1) is 11.8 Å². The standard InChI is InChI=1S/C14H18F2N2O2/c1-9(11-6-17-7-11)13(19)18-8-10-4-2-3-5-12(10)20-14(15)16/h2-5,9,11,14,17H,6-8H2,1H3,(H,18,19). The Kier molecular flexibility index (Phi) is 4.89. The molecule has 0 aliphatic carbocycles. The lowest BCUT2D eigenvalue weighted by Gasteiger charge is -2.31. The molecule has 1 atom stereocenters. The summed E-state index contributed by atoms with van der Waals surface area (Å²) in [5.41, 5.74) is 0.542. The number of amides is 1. The predicted octanol–water partition coefficient (Wildman–Crippen LogP) is 1.76. The van der Waals surface area contributed by atoms with Crippen molar-refractivity contribution < 1.29 is 18.3 Å². The lowest BCUT2D eigenvalue weighted by atomic mass is 9.88. The molecule has 2 rings (SSSR count). The summed E-state index contributed by atoms with van der Waals surface area (Å²) < 4.78 is 29.0. The number of para-hydroxylation sites is 1. The minimum Gasteiger partial charge on any atom is -0.434 e. The zero-order valence-electron chi connectivity index (χ0n) is 11.2. The maximum Gasteiger partial charge on any atom is 0.387 e. The van der Waals surface area contributed by atoms with Crippen LogP contribution in [0.25, 0.3) is 0 Å². The molecule has 1 aliphatic heterocycles. The molecule has 0 saturated carbocycles. The fourth-order valence-electron chi connectivity index (χ4n) is 2.08. The molecule has 0 radical (unpaired) electrons. The summed E-state index contributed by atoms with van der Waals surface area (Å²) in [6, 6.07) is 6.46. The number of nitrogens with one attached hydrogen (secondary N) is 2. The highest BCUT2D eigenvalue weighted by Gasteiger charge is 2.28. The minimum absolute atomic E-state index is 0.0663. The first kappa shape index (κ1) is 14.7. The fourth-order valence-corrected chi connectivity index (χ4v) is 2.08. The zero-order chi connectivity index (χ0) is 14.5. The van der Waals surface area contributed by atoms with Gasteiger partial charge in [0.1, 0.15) is 5.75 Å². The van der Waals surface area contributed by atoms with Gasteiger partial charge in [-0.3, -0.25) is 4.79 Å². The number of hydrogen-bond acceptors (Lipinski definition) is 3. The van der Waals surface area contributed by atoms with Crippen LogP contribution in [-0.4, -0.2) is 25.6 Å². The number of alkyl halides is 2. The molecule has 1 heterocycles. The van der Waals surface area contributed by atoms with Gasteiger partial charge in [0.25, 0.3) is 0 Å². The van der Waals surface area contributed by atoms with Crippen LogP contribution in [0.5, 0.6) is 5.75 Å². The first-order valence-electron chi connectivity index (χ1n) is 6.59. The van der Waals surface area contributed by atoms with Crippen molar-refractivity contribution >= 4 is 5.91 Å². The quantitative estimate of drug-likeness (QED) is 0.837. The SMILES string of the molecule is CC(C(=O)NCc1ccccc1OC(F)F)C1CNC1. The number of carbonyl (C=O) groups is 1. The van der Waals surface area contributed by atoms with Crippen molar-refractivity contribution in [2.24, 2.45) is 11.8 Å². The second-order valence-corrected chi connectivity index (χ2v) is 4.91. The number of rotatable bonds is 6. The van der Waals surface area contributed by atoms with Gasteiger partial charge in [-0.1, -0.05) is 25.1 Å². The Balaban J connectivity index is 1.91. The monoisotopic (exact) mass is 284 g/mol. The lowest BCUT2D eigenvalue weighted by Crippen LogP contribution is -2.49. The summed E-state index contributed by atoms with van der Waals surface area (Å²) in [5, 5.41) is 5.89. The summed E-state index contributed by atoms with van der Waals surface area (Å²) in [5.74, 6) is 0.297. The van der Waals surface area contributed by atoms with Crippen molar-refractivity contribution in [2.45, 2.75) is 20.1 Å². The summed E-state index contributed by atoms with van der Waals surface area (Å²) in [6.07, 6.45) is 0. The van der Waals surface area contributed by atoms with Crippen molar-refractivity contribution in [1.82, 2.24) is 10.6 Å². The highest BCUT2D eigenvalue weighted by Crippen LogP contribution is 2.21. The molecule has 1 amide bonds. The van der Waals surface area contributed by atoms with E-state index >= 15 is 0 Å². The number of carbonyl (C=O) groups excluding carboxylic acids is 1. The van der Waals surface area contributed by atoms with E-state index in [1.807, 2.05) is 6.92 Å². The van der Waals surface area contributed by atoms with E-state index in [0.29, 0.717) is 11.5 Å². The molecule has 110 valence electrons. The molecule has 4 nitrogen and oxygen atoms in total. The van der Waals surface area contributed by atoms with E-state index in [-0.39, 0.29) is 24.1 Å². The molecule has 1 saturated heterocycles. The summed E-state index contributed by atoms with van der Waals surface area (Å²) in [6.45, 7) is 0.889. The Morgan fingerprint density at radius 1 is 1.45 bits per heavy atom. The van der Waals surface area contributed by atoms with Crippen LogP contribution in [0.15, 0.2) is 24.3 Å². The van der Waals surface area contributed by atoms with E-state index in [4.69, 9.17) is 0 Å². The van der Waals surface area contributed by atoms with Crippen LogP contribution in [0.1, 0.15) is 12.5 Å². The Bertz CT molecular complexity index is 464. The molecule has 1 aromatic carbocycles. The summed E-state index contributed by atoms with van der Waals surface area (Å²) in [4.78, 5) is 12.0. The van der Waals surface area contributed by atoms with Crippen molar-refractivity contribution in [1.29, 1.82) is 0 Å². The number of benzene rings is 1. The van der Waals surface area contributed by atoms with E-state index < -0.39 is 6.61 Å². The van der Waals surface area contributed by atoms with Crippen molar-refractivity contribution in [3.8, 4) is 5.75 Å². The van der Waals surface area contributed by atoms with Crippen LogP contribution < -0.4 is 15.4 Å². The normalized spacial score (nSPS) is 16.6. The molecule has 0 aromatic heterocycles. The summed E-state index contributed by atoms with van der Waals surface area (Å²) >= 11 is 0. The highest BCUT2D eigenvalue weighted by molar-refractivity contribution is 5.78. The van der Waals surface area contributed by atoms with Crippen LogP contribution >= 0.6 is 0 Å². The van der Waals surface area contributed by atoms with Gasteiger partial charge in [-0.05, 0) is 25.1 Å². The third kappa shape index (κ3) is 3.66. The second-order valence-electron chi connectivity index (χ2n) is 4.91. The third-order valence-electron chi connectivity index (χ3n) is 3.58. The van der Waals surface area contributed by atoms with Crippen LogP contribution in [-0.2, 0) is 11.3 Å². The smallest absolute Gasteiger partial charge is 0.387 e. The first-order valence-corrected chi connectivity index (χ1v) is 6.59. The zero-order valence-corrected chi connectivity index (χ0v) is 11.2. The molecule has 1 unspecified atom stereocenters. The molecule has 20 heavy (non-hydrogen) atoms. The minimum atomic E-state index is -2.87. The average Bonchev–Trinajstić information content (AvgIpc) is 2.34. The average molecular weight is 284 g/mol. The Hall–Kier alpha value is -1.69. The lowest BCUT2D eigenvalue weighted by molar-refractivity contribution is -0.126. The van der Waals surface area contributed by atoms with E-state index in [9.17, 15) is 13.6 Å². The van der Waals surface area contributed by atoms with E-state index in [1.165, 1.54) is 6.07 Å². The molecule has 1 fully saturated rings. The third-order valence-corrected chi connectivity index (χ3v) is 3.58. The van der Waals surface area contributed by atoms with E-state index in [2.05, 4.69) is 15.4 Å². The molecule has 1 aromatic rings. The Morgan fingerprint density at radius 2 is 2.15 bits per heavy atom. The van der Waals surface area contributed by atoms with Crippen LogP contribution in [0.4, 0.5) is 8.78 Å². The largest absolute Gasteiger partial charge is 0.434 e. The van der Waals surface area contributed by atoms with Gasteiger partial charge in [-0.2, -0.15) is 8.78 Å². The Labute approximate surface area is 116 Å². The predicted molar refractivity (Wildman–Crippen MR) is 70.4 cm³/mol. The van der Waals surface area contributed by atoms with Gasteiger partial charge in [0, 0.05) is 18.0 Å². The first-order chi connectivity index (χ1) is 9.58. The number of ether oxygens (including phenoxy) is 1. The number of halogens is 2. The van der Waals surface area contributed by atoms with Crippen LogP contribution in [0.2, 0.25) is 0 Å². The van der Waals surface area contributed by atoms with Gasteiger partial charge >= 0.3 is 6.61 Å². The summed E-state index contributed by atoms with van der Waals surface area (Å²) in [7, 11) is 0. The maximum absolute atomic E-state index is 12.3. The van der Waals surface area contributed by atoms with Gasteiger partial charge in [-0.15, -0.1) is 0 Å².